The number of aliphatic hydroxyl groups is 3. The van der Waals surface area contributed by atoms with Crippen LogP contribution >= 0.6 is 34.4 Å². The molecule has 2 fully saturated rings. The SMILES string of the molecule is CN(C)C1C(=O)C(C(N)=O)=C(O)C2(O)C(=O)C3=C(O)c4c(O)c(CSC5CCCCC5)cc(I)c4CC3CC12. The molecular formula is C28H33IN2O7S. The van der Waals surface area contributed by atoms with Crippen molar-refractivity contribution in [3.8, 4) is 5.75 Å². The standard InChI is InChI=1S/C28H33IN2O7S/c1-31(2)21-16-9-12-8-15-17(29)10-13(11-39-14-6-4-3-5-7-14)22(32)19(15)23(33)18(12)25(35)28(16,38)26(36)20(24(21)34)27(30)37/h10,12,14,16,21,32-33,36,38H,3-9,11H2,1-2H3,(H2,30,37). The highest BCUT2D eigenvalue weighted by Gasteiger charge is 2.64. The molecule has 4 aliphatic rings. The minimum absolute atomic E-state index is 0.0852. The number of Topliss-reactive ketones (excluding diaryl/α,β-unsaturated/α-hetero) is 2. The van der Waals surface area contributed by atoms with Crippen LogP contribution in [0.4, 0.5) is 0 Å². The number of phenols is 1. The quantitative estimate of drug-likeness (QED) is 0.235. The van der Waals surface area contributed by atoms with Crippen LogP contribution in [0.5, 0.6) is 5.75 Å². The predicted molar refractivity (Wildman–Crippen MR) is 155 cm³/mol. The van der Waals surface area contributed by atoms with Gasteiger partial charge in [-0.25, -0.2) is 0 Å². The summed E-state index contributed by atoms with van der Waals surface area (Å²) in [7, 11) is 3.17. The van der Waals surface area contributed by atoms with Crippen molar-refractivity contribution in [3.63, 3.8) is 0 Å². The summed E-state index contributed by atoms with van der Waals surface area (Å²) in [5.74, 6) is -5.68. The fourth-order valence-electron chi connectivity index (χ4n) is 6.87. The molecule has 4 unspecified atom stereocenters. The van der Waals surface area contributed by atoms with Crippen molar-refractivity contribution in [2.24, 2.45) is 17.6 Å². The van der Waals surface area contributed by atoms with Gasteiger partial charge in [-0.1, -0.05) is 19.3 Å². The smallest absolute Gasteiger partial charge is 0.255 e. The average molecular weight is 669 g/mol. The van der Waals surface area contributed by atoms with Crippen LogP contribution in [0.1, 0.15) is 55.2 Å². The predicted octanol–water partition coefficient (Wildman–Crippen LogP) is 3.13. The van der Waals surface area contributed by atoms with Crippen molar-refractivity contribution in [1.29, 1.82) is 0 Å². The number of fused-ring (bicyclic) bond motifs is 3. The Morgan fingerprint density at radius 1 is 1.18 bits per heavy atom. The maximum absolute atomic E-state index is 14.0. The van der Waals surface area contributed by atoms with Gasteiger partial charge in [-0.05, 0) is 79.9 Å². The van der Waals surface area contributed by atoms with Gasteiger partial charge in [0, 0.05) is 31.6 Å². The van der Waals surface area contributed by atoms with Crippen LogP contribution in [0.25, 0.3) is 5.76 Å². The molecule has 0 aromatic heterocycles. The molecule has 0 aliphatic heterocycles. The fourth-order valence-corrected chi connectivity index (χ4v) is 9.04. The lowest BCUT2D eigenvalue weighted by atomic mass is 9.57. The zero-order chi connectivity index (χ0) is 28.4. The van der Waals surface area contributed by atoms with Crippen molar-refractivity contribution >= 4 is 57.6 Å². The van der Waals surface area contributed by atoms with Crippen LogP contribution in [0, 0.1) is 15.4 Å². The van der Waals surface area contributed by atoms with E-state index in [-0.39, 0.29) is 23.3 Å². The minimum Gasteiger partial charge on any atom is -0.508 e. The van der Waals surface area contributed by atoms with Crippen molar-refractivity contribution in [1.82, 2.24) is 4.90 Å². The van der Waals surface area contributed by atoms with E-state index in [1.807, 2.05) is 6.07 Å². The van der Waals surface area contributed by atoms with Crippen LogP contribution in [0.2, 0.25) is 0 Å². The Morgan fingerprint density at radius 2 is 1.85 bits per heavy atom. The highest BCUT2D eigenvalue weighted by Crippen LogP contribution is 2.53. The van der Waals surface area contributed by atoms with E-state index in [4.69, 9.17) is 5.73 Å². The molecule has 0 heterocycles. The Hall–Kier alpha value is -2.09. The normalized spacial score (nSPS) is 29.4. The number of carbonyl (C=O) groups excluding carboxylic acids is 3. The first-order valence-electron chi connectivity index (χ1n) is 13.2. The Labute approximate surface area is 244 Å². The number of rotatable bonds is 5. The van der Waals surface area contributed by atoms with Gasteiger partial charge in [-0.15, -0.1) is 0 Å². The Balaban J connectivity index is 1.60. The summed E-state index contributed by atoms with van der Waals surface area (Å²) in [6.45, 7) is 0. The van der Waals surface area contributed by atoms with Crippen LogP contribution in [0.15, 0.2) is 23.0 Å². The molecule has 11 heteroatoms. The molecule has 4 atom stereocenters. The van der Waals surface area contributed by atoms with Gasteiger partial charge < -0.3 is 26.2 Å². The zero-order valence-electron chi connectivity index (χ0n) is 21.9. The molecule has 5 rings (SSSR count). The topological polar surface area (TPSA) is 161 Å². The number of ketones is 2. The summed E-state index contributed by atoms with van der Waals surface area (Å²) in [6.07, 6.45) is 6.31. The van der Waals surface area contributed by atoms with Gasteiger partial charge in [0.1, 0.15) is 22.8 Å². The maximum Gasteiger partial charge on any atom is 0.255 e. The lowest BCUT2D eigenvalue weighted by molar-refractivity contribution is -0.153. The van der Waals surface area contributed by atoms with E-state index in [9.17, 15) is 34.8 Å². The summed E-state index contributed by atoms with van der Waals surface area (Å²) in [4.78, 5) is 40.8. The molecule has 4 aliphatic carbocycles. The third-order valence-corrected chi connectivity index (χ3v) is 11.2. The molecule has 210 valence electrons. The number of phenolic OH excluding ortho intramolecular Hbond substituents is 1. The number of nitrogens with two attached hydrogens (primary N) is 1. The summed E-state index contributed by atoms with van der Waals surface area (Å²) in [6, 6.07) is 0.832. The fraction of sp³-hybridized carbons (Fsp3) is 0.536. The van der Waals surface area contributed by atoms with Gasteiger partial charge in [0.05, 0.1) is 11.6 Å². The Kier molecular flexibility index (Phi) is 7.57. The summed E-state index contributed by atoms with van der Waals surface area (Å²) < 4.78 is 0.848. The monoisotopic (exact) mass is 668 g/mol. The number of hydrogen-bond donors (Lipinski definition) is 5. The van der Waals surface area contributed by atoms with Gasteiger partial charge in [0.15, 0.2) is 11.4 Å². The summed E-state index contributed by atoms with van der Waals surface area (Å²) in [5.41, 5.74) is 3.35. The molecule has 1 aromatic carbocycles. The molecule has 0 saturated heterocycles. The molecule has 39 heavy (non-hydrogen) atoms. The van der Waals surface area contributed by atoms with Gasteiger partial charge in [-0.2, -0.15) is 11.8 Å². The first-order valence-corrected chi connectivity index (χ1v) is 15.3. The largest absolute Gasteiger partial charge is 0.508 e. The lowest BCUT2D eigenvalue weighted by Gasteiger charge is -2.50. The second kappa shape index (κ2) is 10.4. The molecule has 0 spiro atoms. The first-order chi connectivity index (χ1) is 18.4. The van der Waals surface area contributed by atoms with E-state index in [1.54, 1.807) is 25.9 Å². The summed E-state index contributed by atoms with van der Waals surface area (Å²) in [5, 5.41) is 46.0. The lowest BCUT2D eigenvalue weighted by Crippen LogP contribution is -2.65. The van der Waals surface area contributed by atoms with Gasteiger partial charge in [-0.3, -0.25) is 19.3 Å². The van der Waals surface area contributed by atoms with Crippen LogP contribution in [-0.2, 0) is 26.6 Å². The van der Waals surface area contributed by atoms with E-state index in [0.29, 0.717) is 28.6 Å². The van der Waals surface area contributed by atoms with Crippen molar-refractivity contribution in [2.75, 3.05) is 14.1 Å². The number of hydrogen-bond acceptors (Lipinski definition) is 9. The van der Waals surface area contributed by atoms with Crippen molar-refractivity contribution in [3.05, 3.63) is 43.2 Å². The van der Waals surface area contributed by atoms with Crippen molar-refractivity contribution in [2.45, 2.75) is 67.6 Å². The van der Waals surface area contributed by atoms with Gasteiger partial charge in [0.25, 0.3) is 5.91 Å². The van der Waals surface area contributed by atoms with E-state index >= 15 is 0 Å². The van der Waals surface area contributed by atoms with E-state index in [0.717, 1.165) is 16.4 Å². The van der Waals surface area contributed by atoms with Gasteiger partial charge in [0.2, 0.25) is 5.78 Å². The number of carbonyl (C=O) groups is 3. The molecule has 6 N–H and O–H groups in total. The zero-order valence-corrected chi connectivity index (χ0v) is 24.8. The number of likely N-dealkylation sites (N-methyl/N-ethyl adjacent to an activating group) is 1. The third kappa shape index (κ3) is 4.40. The van der Waals surface area contributed by atoms with Crippen LogP contribution in [0.3, 0.4) is 0 Å². The van der Waals surface area contributed by atoms with E-state index in [2.05, 4.69) is 22.6 Å². The molecule has 0 bridgehead atoms. The van der Waals surface area contributed by atoms with E-state index in [1.165, 1.54) is 24.2 Å². The molecule has 9 nitrogen and oxygen atoms in total. The number of aromatic hydroxyl groups is 1. The Morgan fingerprint density at radius 3 is 2.46 bits per heavy atom. The molecule has 0 radical (unpaired) electrons. The number of benzene rings is 1. The number of aliphatic hydroxyl groups excluding tert-OH is 2. The second-order valence-electron chi connectivity index (χ2n) is 11.3. The van der Waals surface area contributed by atoms with Gasteiger partial charge >= 0.3 is 0 Å². The maximum atomic E-state index is 14.0. The minimum atomic E-state index is -2.62. The molecule has 1 aromatic rings. The van der Waals surface area contributed by atoms with E-state index < -0.39 is 58.0 Å². The second-order valence-corrected chi connectivity index (χ2v) is 13.7. The average Bonchev–Trinajstić information content (AvgIpc) is 2.87. The number of thioether (sulfide) groups is 1. The molecule has 2 saturated carbocycles. The molecular weight excluding hydrogens is 635 g/mol. The Bertz CT molecular complexity index is 1330. The van der Waals surface area contributed by atoms with Crippen molar-refractivity contribution < 1.29 is 34.8 Å². The highest BCUT2D eigenvalue weighted by atomic mass is 127. The number of halogens is 1. The number of amides is 1. The van der Waals surface area contributed by atoms with Crippen LogP contribution in [-0.4, -0.2) is 73.8 Å². The number of nitrogens with zero attached hydrogens (tertiary/aromatic N) is 1. The van der Waals surface area contributed by atoms with Crippen LogP contribution < -0.4 is 5.73 Å². The highest BCUT2D eigenvalue weighted by molar-refractivity contribution is 14.1. The summed E-state index contributed by atoms with van der Waals surface area (Å²) >= 11 is 3.96. The third-order valence-electron chi connectivity index (χ3n) is 8.77. The first kappa shape index (κ1) is 28.4. The molecule has 1 amide bonds. The number of primary amides is 1.